The van der Waals surface area contributed by atoms with Crippen molar-refractivity contribution < 1.29 is 0 Å². The van der Waals surface area contributed by atoms with Crippen LogP contribution in [0.25, 0.3) is 0 Å². The molecule has 1 aromatic rings. The molecule has 4 nitrogen and oxygen atoms in total. The third-order valence-corrected chi connectivity index (χ3v) is 3.63. The average Bonchev–Trinajstić information content (AvgIpc) is 2.78. The lowest BCUT2D eigenvalue weighted by Crippen LogP contribution is -2.30. The van der Waals surface area contributed by atoms with Crippen LogP contribution in [0.3, 0.4) is 0 Å². The van der Waals surface area contributed by atoms with Crippen molar-refractivity contribution in [2.24, 2.45) is 11.7 Å². The summed E-state index contributed by atoms with van der Waals surface area (Å²) in [6.45, 7) is 3.78. The number of halogens is 1. The molecule has 0 amide bonds. The highest BCUT2D eigenvalue weighted by Crippen LogP contribution is 2.31. The van der Waals surface area contributed by atoms with E-state index in [4.69, 9.17) is 22.6 Å². The van der Waals surface area contributed by atoms with E-state index in [1.165, 1.54) is 0 Å². The van der Waals surface area contributed by atoms with Crippen LogP contribution in [0.4, 0.5) is 5.82 Å². The fraction of sp³-hybridized carbons (Fsp3) is 0.500. The second kappa shape index (κ2) is 4.91. The number of aromatic nitrogens is 1. The maximum Gasteiger partial charge on any atom is 0.148 e. The molecule has 0 aliphatic carbocycles. The molecule has 1 aliphatic heterocycles. The largest absolute Gasteiger partial charge is 0.355 e. The van der Waals surface area contributed by atoms with E-state index < -0.39 is 0 Å². The van der Waals surface area contributed by atoms with Crippen LogP contribution in [0.1, 0.15) is 18.9 Å². The quantitative estimate of drug-likeness (QED) is 0.869. The summed E-state index contributed by atoms with van der Waals surface area (Å²) in [7, 11) is 0. The molecule has 2 heterocycles. The van der Waals surface area contributed by atoms with Crippen LogP contribution < -0.4 is 10.6 Å². The lowest BCUT2D eigenvalue weighted by molar-refractivity contribution is 0.488. The minimum Gasteiger partial charge on any atom is -0.355 e. The zero-order valence-electron chi connectivity index (χ0n) is 9.73. The number of rotatable bonds is 2. The molecule has 1 saturated heterocycles. The van der Waals surface area contributed by atoms with E-state index in [1.54, 1.807) is 12.3 Å². The van der Waals surface area contributed by atoms with Gasteiger partial charge in [0.2, 0.25) is 0 Å². The molecular weight excluding hydrogens is 236 g/mol. The van der Waals surface area contributed by atoms with Crippen molar-refractivity contribution in [2.75, 3.05) is 18.0 Å². The van der Waals surface area contributed by atoms with Gasteiger partial charge in [-0.05, 0) is 25.3 Å². The lowest BCUT2D eigenvalue weighted by Gasteiger charge is -2.20. The first-order valence-electron chi connectivity index (χ1n) is 5.68. The van der Waals surface area contributed by atoms with Gasteiger partial charge >= 0.3 is 0 Å². The number of nitriles is 1. The molecule has 2 N–H and O–H groups in total. The number of hydrogen-bond acceptors (Lipinski definition) is 4. The Morgan fingerprint density at radius 2 is 2.47 bits per heavy atom. The maximum atomic E-state index is 8.93. The molecule has 0 spiro atoms. The Morgan fingerprint density at radius 1 is 1.71 bits per heavy atom. The first-order valence-corrected chi connectivity index (χ1v) is 6.06. The Balaban J connectivity index is 2.23. The number of anilines is 1. The van der Waals surface area contributed by atoms with Crippen LogP contribution in [-0.2, 0) is 0 Å². The molecule has 1 aliphatic rings. The first-order chi connectivity index (χ1) is 8.13. The molecule has 0 aromatic carbocycles. The molecule has 0 saturated carbocycles. The smallest absolute Gasteiger partial charge is 0.148 e. The van der Waals surface area contributed by atoms with Crippen LogP contribution in [0, 0.1) is 17.2 Å². The molecule has 5 heteroatoms. The van der Waals surface area contributed by atoms with Gasteiger partial charge in [0, 0.05) is 25.3 Å². The summed E-state index contributed by atoms with van der Waals surface area (Å²) in [6.07, 6.45) is 2.67. The number of pyridine rings is 1. The first kappa shape index (κ1) is 12.2. The van der Waals surface area contributed by atoms with Crippen LogP contribution in [0.5, 0.6) is 0 Å². The Bertz CT molecular complexity index is 452. The highest BCUT2D eigenvalue weighted by molar-refractivity contribution is 6.34. The van der Waals surface area contributed by atoms with Gasteiger partial charge in [-0.1, -0.05) is 11.6 Å². The molecular formula is C12H15ClN4. The Labute approximate surface area is 106 Å². The standard InChI is InChI=1S/C12H15ClN4/c1-8(15)10-3-5-17(7-10)12-11(13)9(6-14)2-4-16-12/h2,4,8,10H,3,5,7,15H2,1H3. The van der Waals surface area contributed by atoms with Gasteiger partial charge in [0.25, 0.3) is 0 Å². The van der Waals surface area contributed by atoms with Crippen molar-refractivity contribution >= 4 is 17.4 Å². The van der Waals surface area contributed by atoms with Crippen molar-refractivity contribution in [3.05, 3.63) is 22.8 Å². The summed E-state index contributed by atoms with van der Waals surface area (Å²) in [5.74, 6) is 1.17. The summed E-state index contributed by atoms with van der Waals surface area (Å²) < 4.78 is 0. The van der Waals surface area contributed by atoms with Gasteiger partial charge in [-0.2, -0.15) is 5.26 Å². The Hall–Kier alpha value is -1.31. The van der Waals surface area contributed by atoms with Gasteiger partial charge in [0.15, 0.2) is 0 Å². The van der Waals surface area contributed by atoms with Gasteiger partial charge in [-0.15, -0.1) is 0 Å². The van der Waals surface area contributed by atoms with Gasteiger partial charge < -0.3 is 10.6 Å². The van der Waals surface area contributed by atoms with Gasteiger partial charge in [0.1, 0.15) is 16.9 Å². The van der Waals surface area contributed by atoms with E-state index in [-0.39, 0.29) is 6.04 Å². The third kappa shape index (κ3) is 2.36. The summed E-state index contributed by atoms with van der Waals surface area (Å²) in [4.78, 5) is 6.37. The van der Waals surface area contributed by atoms with Crippen LogP contribution in [0.15, 0.2) is 12.3 Å². The minimum atomic E-state index is 0.179. The van der Waals surface area contributed by atoms with E-state index in [0.717, 1.165) is 19.5 Å². The molecule has 2 rings (SSSR count). The molecule has 0 bridgehead atoms. The fourth-order valence-electron chi connectivity index (χ4n) is 2.15. The maximum absolute atomic E-state index is 8.93. The topological polar surface area (TPSA) is 65.9 Å². The highest BCUT2D eigenvalue weighted by Gasteiger charge is 2.27. The van der Waals surface area contributed by atoms with Gasteiger partial charge in [-0.3, -0.25) is 0 Å². The molecule has 2 atom stereocenters. The van der Waals surface area contributed by atoms with Crippen LogP contribution in [-0.4, -0.2) is 24.1 Å². The Kier molecular flexibility index (Phi) is 3.51. The highest BCUT2D eigenvalue weighted by atomic mass is 35.5. The average molecular weight is 251 g/mol. The predicted octanol–water partition coefficient (Wildman–Crippen LogP) is 1.78. The van der Waals surface area contributed by atoms with E-state index in [2.05, 4.69) is 16.0 Å². The summed E-state index contributed by atoms with van der Waals surface area (Å²) in [5.41, 5.74) is 6.37. The lowest BCUT2D eigenvalue weighted by atomic mass is 10.0. The molecule has 17 heavy (non-hydrogen) atoms. The van der Waals surface area contributed by atoms with E-state index in [1.807, 2.05) is 6.92 Å². The fourth-order valence-corrected chi connectivity index (χ4v) is 2.42. The molecule has 2 unspecified atom stereocenters. The normalized spacial score (nSPS) is 21.3. The molecule has 0 radical (unpaired) electrons. The summed E-state index contributed by atoms with van der Waals surface area (Å²) >= 11 is 6.16. The second-order valence-electron chi connectivity index (χ2n) is 4.46. The predicted molar refractivity (Wildman–Crippen MR) is 67.9 cm³/mol. The summed E-state index contributed by atoms with van der Waals surface area (Å²) in [6, 6.07) is 3.88. The van der Waals surface area contributed by atoms with Gasteiger partial charge in [-0.25, -0.2) is 4.98 Å². The monoisotopic (exact) mass is 250 g/mol. The van der Waals surface area contributed by atoms with Crippen molar-refractivity contribution in [1.82, 2.24) is 4.98 Å². The van der Waals surface area contributed by atoms with Crippen molar-refractivity contribution in [3.63, 3.8) is 0 Å². The van der Waals surface area contributed by atoms with E-state index >= 15 is 0 Å². The van der Waals surface area contributed by atoms with E-state index in [0.29, 0.717) is 22.3 Å². The summed E-state index contributed by atoms with van der Waals surface area (Å²) in [5, 5.41) is 9.37. The van der Waals surface area contributed by atoms with Gasteiger partial charge in [0.05, 0.1) is 5.56 Å². The number of nitrogens with zero attached hydrogens (tertiary/aromatic N) is 3. The van der Waals surface area contributed by atoms with Crippen LogP contribution >= 0.6 is 11.6 Å². The Morgan fingerprint density at radius 3 is 3.06 bits per heavy atom. The zero-order chi connectivity index (χ0) is 12.4. The SMILES string of the molecule is CC(N)C1CCN(c2nccc(C#N)c2Cl)C1. The second-order valence-corrected chi connectivity index (χ2v) is 4.84. The van der Waals surface area contributed by atoms with Crippen molar-refractivity contribution in [1.29, 1.82) is 5.26 Å². The van der Waals surface area contributed by atoms with Crippen molar-refractivity contribution in [2.45, 2.75) is 19.4 Å². The molecule has 1 aromatic heterocycles. The van der Waals surface area contributed by atoms with Crippen LogP contribution in [0.2, 0.25) is 5.02 Å². The zero-order valence-corrected chi connectivity index (χ0v) is 10.5. The third-order valence-electron chi connectivity index (χ3n) is 3.26. The molecule has 1 fully saturated rings. The number of hydrogen-bond donors (Lipinski definition) is 1. The number of nitrogens with two attached hydrogens (primary N) is 1. The molecule has 90 valence electrons. The van der Waals surface area contributed by atoms with E-state index in [9.17, 15) is 0 Å². The van der Waals surface area contributed by atoms with Crippen molar-refractivity contribution in [3.8, 4) is 6.07 Å². The minimum absolute atomic E-state index is 0.179.